The van der Waals surface area contributed by atoms with Crippen LogP contribution in [0.1, 0.15) is 6.92 Å². The molecule has 1 heterocycles. The van der Waals surface area contributed by atoms with Crippen molar-refractivity contribution in [2.45, 2.75) is 6.92 Å². The maximum Gasteiger partial charge on any atom is 0.129 e. The molecule has 1 aromatic rings. The number of halogens is 1. The van der Waals surface area contributed by atoms with Gasteiger partial charge in [-0.3, -0.25) is 0 Å². The summed E-state index contributed by atoms with van der Waals surface area (Å²) in [5, 5.41) is 3.77. The van der Waals surface area contributed by atoms with Crippen LogP contribution in [0, 0.1) is 5.92 Å². The van der Waals surface area contributed by atoms with E-state index in [2.05, 4.69) is 17.2 Å². The number of nitrogens with one attached hydrogen (secondary N) is 1. The van der Waals surface area contributed by atoms with Gasteiger partial charge in [-0.15, -0.1) is 0 Å². The highest BCUT2D eigenvalue weighted by Gasteiger charge is 2.00. The minimum absolute atomic E-state index is 0.482. The van der Waals surface area contributed by atoms with Crippen molar-refractivity contribution < 1.29 is 4.74 Å². The molecule has 1 rings (SSSR count). The first-order valence-corrected chi connectivity index (χ1v) is 4.94. The Kier molecular flexibility index (Phi) is 4.70. The van der Waals surface area contributed by atoms with Crippen molar-refractivity contribution in [2.75, 3.05) is 25.6 Å². The van der Waals surface area contributed by atoms with Gasteiger partial charge in [0.15, 0.2) is 0 Å². The Bertz CT molecular complexity index is 263. The van der Waals surface area contributed by atoms with Gasteiger partial charge in [0, 0.05) is 13.7 Å². The Morgan fingerprint density at radius 2 is 2.36 bits per heavy atom. The summed E-state index contributed by atoms with van der Waals surface area (Å²) >= 11 is 5.67. The number of nitrogens with zero attached hydrogens (tertiary/aromatic N) is 1. The monoisotopic (exact) mass is 214 g/mol. The second kappa shape index (κ2) is 5.83. The third-order valence-corrected chi connectivity index (χ3v) is 2.06. The SMILES string of the molecule is COCC(C)CNc1ccc(Cl)nc1. The summed E-state index contributed by atoms with van der Waals surface area (Å²) in [6.45, 7) is 3.75. The first-order chi connectivity index (χ1) is 6.72. The Morgan fingerprint density at radius 3 is 2.93 bits per heavy atom. The van der Waals surface area contributed by atoms with Crippen LogP contribution in [0.25, 0.3) is 0 Å². The van der Waals surface area contributed by atoms with E-state index in [4.69, 9.17) is 16.3 Å². The highest BCUT2D eigenvalue weighted by atomic mass is 35.5. The van der Waals surface area contributed by atoms with E-state index in [0.29, 0.717) is 11.1 Å². The first kappa shape index (κ1) is 11.3. The summed E-state index contributed by atoms with van der Waals surface area (Å²) in [7, 11) is 1.71. The number of aromatic nitrogens is 1. The van der Waals surface area contributed by atoms with E-state index in [1.807, 2.05) is 6.07 Å². The lowest BCUT2D eigenvalue weighted by Crippen LogP contribution is -2.15. The molecule has 4 heteroatoms. The molecule has 0 saturated carbocycles. The number of pyridine rings is 1. The molecule has 1 aromatic heterocycles. The van der Waals surface area contributed by atoms with E-state index in [0.717, 1.165) is 18.8 Å². The number of anilines is 1. The topological polar surface area (TPSA) is 34.1 Å². The van der Waals surface area contributed by atoms with Crippen molar-refractivity contribution in [3.63, 3.8) is 0 Å². The fraction of sp³-hybridized carbons (Fsp3) is 0.500. The van der Waals surface area contributed by atoms with E-state index in [-0.39, 0.29) is 0 Å². The lowest BCUT2D eigenvalue weighted by Gasteiger charge is -2.11. The molecule has 0 aliphatic carbocycles. The zero-order valence-electron chi connectivity index (χ0n) is 8.46. The molecule has 14 heavy (non-hydrogen) atoms. The summed E-state index contributed by atoms with van der Waals surface area (Å²) in [6, 6.07) is 3.68. The minimum atomic E-state index is 0.482. The predicted octanol–water partition coefficient (Wildman–Crippen LogP) is 2.43. The van der Waals surface area contributed by atoms with Gasteiger partial charge >= 0.3 is 0 Å². The van der Waals surface area contributed by atoms with Gasteiger partial charge in [0.1, 0.15) is 5.15 Å². The zero-order chi connectivity index (χ0) is 10.4. The number of hydrogen-bond donors (Lipinski definition) is 1. The van der Waals surface area contributed by atoms with Crippen molar-refractivity contribution in [3.05, 3.63) is 23.5 Å². The van der Waals surface area contributed by atoms with Crippen LogP contribution in [0.5, 0.6) is 0 Å². The van der Waals surface area contributed by atoms with Crippen molar-refractivity contribution >= 4 is 17.3 Å². The predicted molar refractivity (Wildman–Crippen MR) is 58.8 cm³/mol. The zero-order valence-corrected chi connectivity index (χ0v) is 9.21. The van der Waals surface area contributed by atoms with Crippen molar-refractivity contribution in [2.24, 2.45) is 5.92 Å². The van der Waals surface area contributed by atoms with Crippen LogP contribution >= 0.6 is 11.6 Å². The highest BCUT2D eigenvalue weighted by molar-refractivity contribution is 6.29. The molecular formula is C10H15ClN2O. The molecule has 0 aliphatic heterocycles. The summed E-state index contributed by atoms with van der Waals surface area (Å²) in [4.78, 5) is 3.97. The Balaban J connectivity index is 2.34. The molecule has 0 bridgehead atoms. The van der Waals surface area contributed by atoms with Crippen LogP contribution in [-0.4, -0.2) is 25.2 Å². The molecule has 1 N–H and O–H groups in total. The molecule has 0 aliphatic rings. The standard InChI is InChI=1S/C10H15ClN2O/c1-8(7-14-2)5-12-9-3-4-10(11)13-6-9/h3-4,6,8,12H,5,7H2,1-2H3. The molecular weight excluding hydrogens is 200 g/mol. The van der Waals surface area contributed by atoms with Crippen molar-refractivity contribution in [3.8, 4) is 0 Å². The van der Waals surface area contributed by atoms with Gasteiger partial charge in [-0.25, -0.2) is 4.98 Å². The molecule has 78 valence electrons. The summed E-state index contributed by atoms with van der Waals surface area (Å²) < 4.78 is 5.03. The number of rotatable bonds is 5. The van der Waals surface area contributed by atoms with Gasteiger partial charge in [0.25, 0.3) is 0 Å². The number of methoxy groups -OCH3 is 1. The average Bonchev–Trinajstić information content (AvgIpc) is 2.17. The largest absolute Gasteiger partial charge is 0.384 e. The quantitative estimate of drug-likeness (QED) is 0.765. The molecule has 0 saturated heterocycles. The molecule has 0 fully saturated rings. The Hall–Kier alpha value is -0.800. The molecule has 0 radical (unpaired) electrons. The van der Waals surface area contributed by atoms with Gasteiger partial charge in [-0.1, -0.05) is 18.5 Å². The lowest BCUT2D eigenvalue weighted by atomic mass is 10.2. The van der Waals surface area contributed by atoms with Crippen molar-refractivity contribution in [1.29, 1.82) is 0 Å². The molecule has 3 nitrogen and oxygen atoms in total. The third-order valence-electron chi connectivity index (χ3n) is 1.83. The maximum atomic E-state index is 5.67. The average molecular weight is 215 g/mol. The molecule has 1 unspecified atom stereocenters. The smallest absolute Gasteiger partial charge is 0.129 e. The molecule has 0 amide bonds. The van der Waals surface area contributed by atoms with Gasteiger partial charge in [-0.05, 0) is 18.1 Å². The van der Waals surface area contributed by atoms with Crippen LogP contribution in [0.3, 0.4) is 0 Å². The normalized spacial score (nSPS) is 12.5. The summed E-state index contributed by atoms with van der Waals surface area (Å²) in [5.74, 6) is 0.482. The molecule has 1 atom stereocenters. The fourth-order valence-electron chi connectivity index (χ4n) is 1.12. The molecule has 0 spiro atoms. The summed E-state index contributed by atoms with van der Waals surface area (Å²) in [6.07, 6.45) is 1.72. The van der Waals surface area contributed by atoms with Gasteiger partial charge in [0.2, 0.25) is 0 Å². The van der Waals surface area contributed by atoms with E-state index >= 15 is 0 Å². The van der Waals surface area contributed by atoms with E-state index in [1.54, 1.807) is 19.4 Å². The van der Waals surface area contributed by atoms with Gasteiger partial charge in [0.05, 0.1) is 18.5 Å². The number of ether oxygens (including phenoxy) is 1. The van der Waals surface area contributed by atoms with Crippen LogP contribution in [0.2, 0.25) is 5.15 Å². The van der Waals surface area contributed by atoms with Crippen molar-refractivity contribution in [1.82, 2.24) is 4.98 Å². The highest BCUT2D eigenvalue weighted by Crippen LogP contribution is 2.10. The minimum Gasteiger partial charge on any atom is -0.384 e. The maximum absolute atomic E-state index is 5.67. The van der Waals surface area contributed by atoms with Crippen LogP contribution in [0.15, 0.2) is 18.3 Å². The Morgan fingerprint density at radius 1 is 1.57 bits per heavy atom. The second-order valence-electron chi connectivity index (χ2n) is 3.31. The summed E-state index contributed by atoms with van der Waals surface area (Å²) in [5.41, 5.74) is 0.984. The van der Waals surface area contributed by atoms with Crippen LogP contribution < -0.4 is 5.32 Å². The van der Waals surface area contributed by atoms with Crippen LogP contribution in [-0.2, 0) is 4.74 Å². The van der Waals surface area contributed by atoms with E-state index < -0.39 is 0 Å². The third kappa shape index (κ3) is 3.94. The van der Waals surface area contributed by atoms with Gasteiger partial charge < -0.3 is 10.1 Å². The number of hydrogen-bond acceptors (Lipinski definition) is 3. The lowest BCUT2D eigenvalue weighted by molar-refractivity contribution is 0.164. The van der Waals surface area contributed by atoms with Crippen LogP contribution in [0.4, 0.5) is 5.69 Å². The first-order valence-electron chi connectivity index (χ1n) is 4.56. The molecule has 0 aromatic carbocycles. The second-order valence-corrected chi connectivity index (χ2v) is 3.70. The van der Waals surface area contributed by atoms with Gasteiger partial charge in [-0.2, -0.15) is 0 Å². The van der Waals surface area contributed by atoms with E-state index in [1.165, 1.54) is 0 Å². The Labute approximate surface area is 89.4 Å². The van der Waals surface area contributed by atoms with E-state index in [9.17, 15) is 0 Å². The fourth-order valence-corrected chi connectivity index (χ4v) is 1.23.